The number of nitrogens with zero attached hydrogens (tertiary/aromatic N) is 3. The summed E-state index contributed by atoms with van der Waals surface area (Å²) in [5.74, 6) is 0.483. The van der Waals surface area contributed by atoms with Crippen LogP contribution in [0.25, 0.3) is 0 Å². The van der Waals surface area contributed by atoms with Crippen molar-refractivity contribution in [3.05, 3.63) is 54.0 Å². The van der Waals surface area contributed by atoms with Crippen LogP contribution in [0, 0.1) is 0 Å². The van der Waals surface area contributed by atoms with E-state index in [0.29, 0.717) is 24.3 Å². The van der Waals surface area contributed by atoms with E-state index in [1.54, 1.807) is 32.4 Å². The molecule has 0 aliphatic carbocycles. The Morgan fingerprint density at radius 1 is 1.20 bits per heavy atom. The summed E-state index contributed by atoms with van der Waals surface area (Å²) >= 11 is 0. The van der Waals surface area contributed by atoms with Crippen LogP contribution < -0.4 is 10.1 Å². The number of benzene rings is 1. The van der Waals surface area contributed by atoms with Crippen molar-refractivity contribution in [3.63, 3.8) is 0 Å². The van der Waals surface area contributed by atoms with Gasteiger partial charge in [-0.15, -0.1) is 0 Å². The Morgan fingerprint density at radius 3 is 2.63 bits per heavy atom. The third kappa shape index (κ3) is 5.08. The summed E-state index contributed by atoms with van der Waals surface area (Å²) in [6.45, 7) is 3.46. The first-order valence-corrected chi connectivity index (χ1v) is 12.1. The second-order valence-electron chi connectivity index (χ2n) is 9.21. The third-order valence-electron chi connectivity index (χ3n) is 6.63. The zero-order valence-electron chi connectivity index (χ0n) is 20.5. The Morgan fingerprint density at radius 2 is 1.97 bits per heavy atom. The molecule has 0 saturated carbocycles. The molecule has 1 aromatic heterocycles. The number of amides is 4. The molecule has 1 aromatic carbocycles. The van der Waals surface area contributed by atoms with Gasteiger partial charge in [0.2, 0.25) is 0 Å². The standard InChI is InChI=1S/C26H32N4O5/c1-4-5-6-7-14-26(2)24(32)29(25(33)27-26)17-23(31)30-21(22-9-8-15-35-22)16-20(28-30)18-10-12-19(34-3)13-11-18/h8-13,15,21H,4-7,14,16-17H2,1-3H3,(H,27,33). The minimum atomic E-state index is -0.992. The minimum Gasteiger partial charge on any atom is -0.497 e. The lowest BCUT2D eigenvalue weighted by atomic mass is 9.94. The highest BCUT2D eigenvalue weighted by Gasteiger charge is 2.48. The molecule has 186 valence electrons. The fraction of sp³-hybridized carbons (Fsp3) is 0.462. The van der Waals surface area contributed by atoms with Crippen molar-refractivity contribution >= 4 is 23.6 Å². The quantitative estimate of drug-likeness (QED) is 0.404. The number of carbonyl (C=O) groups excluding carboxylic acids is 3. The van der Waals surface area contributed by atoms with Crippen molar-refractivity contribution in [2.24, 2.45) is 5.10 Å². The molecule has 4 rings (SSSR count). The molecule has 0 bridgehead atoms. The summed E-state index contributed by atoms with van der Waals surface area (Å²) in [7, 11) is 1.60. The van der Waals surface area contributed by atoms with Gasteiger partial charge in [-0.2, -0.15) is 5.10 Å². The lowest BCUT2D eigenvalue weighted by Crippen LogP contribution is -2.45. The molecule has 2 aliphatic rings. The predicted octanol–water partition coefficient (Wildman–Crippen LogP) is 4.25. The first-order chi connectivity index (χ1) is 16.9. The van der Waals surface area contributed by atoms with Gasteiger partial charge in [0.25, 0.3) is 11.8 Å². The van der Waals surface area contributed by atoms with Gasteiger partial charge in [0.15, 0.2) is 0 Å². The summed E-state index contributed by atoms with van der Waals surface area (Å²) in [4.78, 5) is 40.1. The molecule has 1 fully saturated rings. The first-order valence-electron chi connectivity index (χ1n) is 12.1. The number of ether oxygens (including phenoxy) is 1. The molecule has 3 heterocycles. The van der Waals surface area contributed by atoms with Crippen molar-refractivity contribution in [3.8, 4) is 5.75 Å². The smallest absolute Gasteiger partial charge is 0.325 e. The largest absolute Gasteiger partial charge is 0.497 e. The lowest BCUT2D eigenvalue weighted by Gasteiger charge is -2.23. The molecular formula is C26H32N4O5. The van der Waals surface area contributed by atoms with Crippen LogP contribution in [0.3, 0.4) is 0 Å². The maximum Gasteiger partial charge on any atom is 0.325 e. The van der Waals surface area contributed by atoms with Crippen LogP contribution in [0.15, 0.2) is 52.2 Å². The summed E-state index contributed by atoms with van der Waals surface area (Å²) in [6, 6.07) is 9.96. The van der Waals surface area contributed by atoms with Crippen molar-refractivity contribution < 1.29 is 23.5 Å². The second kappa shape index (κ2) is 10.3. The Labute approximate surface area is 205 Å². The number of hydrazone groups is 1. The van der Waals surface area contributed by atoms with Gasteiger partial charge < -0.3 is 14.5 Å². The highest BCUT2D eigenvalue weighted by molar-refractivity contribution is 6.09. The molecule has 9 nitrogen and oxygen atoms in total. The molecule has 9 heteroatoms. The fourth-order valence-corrected chi connectivity index (χ4v) is 4.57. The summed E-state index contributed by atoms with van der Waals surface area (Å²) < 4.78 is 10.8. The Hall–Kier alpha value is -3.62. The van der Waals surface area contributed by atoms with E-state index < -0.39 is 23.5 Å². The molecule has 0 radical (unpaired) electrons. The molecule has 1 N–H and O–H groups in total. The number of urea groups is 1. The highest BCUT2D eigenvalue weighted by Crippen LogP contribution is 2.34. The maximum atomic E-state index is 13.4. The normalized spacial score (nSPS) is 21.9. The van der Waals surface area contributed by atoms with E-state index in [1.807, 2.05) is 24.3 Å². The number of unbranched alkanes of at least 4 members (excludes halogenated alkanes) is 3. The number of furan rings is 1. The Bertz CT molecular complexity index is 1100. The van der Waals surface area contributed by atoms with Crippen molar-refractivity contribution in [1.82, 2.24) is 15.2 Å². The summed E-state index contributed by atoms with van der Waals surface area (Å²) in [6.07, 6.45) is 6.53. The van der Waals surface area contributed by atoms with Gasteiger partial charge in [0.05, 0.1) is 19.1 Å². The van der Waals surface area contributed by atoms with Gasteiger partial charge in [-0.1, -0.05) is 32.6 Å². The molecule has 2 unspecified atom stereocenters. The highest BCUT2D eigenvalue weighted by atomic mass is 16.5. The first kappa shape index (κ1) is 24.5. The number of methoxy groups -OCH3 is 1. The summed E-state index contributed by atoms with van der Waals surface area (Å²) in [5.41, 5.74) is 0.571. The maximum absolute atomic E-state index is 13.4. The van der Waals surface area contributed by atoms with E-state index in [4.69, 9.17) is 9.15 Å². The molecule has 2 atom stereocenters. The third-order valence-corrected chi connectivity index (χ3v) is 6.63. The molecular weight excluding hydrogens is 448 g/mol. The van der Waals surface area contributed by atoms with Gasteiger partial charge in [-0.3, -0.25) is 14.5 Å². The van der Waals surface area contributed by atoms with Crippen LogP contribution in [0.2, 0.25) is 0 Å². The van der Waals surface area contributed by atoms with Crippen molar-refractivity contribution in [2.75, 3.05) is 13.7 Å². The molecule has 35 heavy (non-hydrogen) atoms. The minimum absolute atomic E-state index is 0.375. The van der Waals surface area contributed by atoms with Crippen LogP contribution in [0.1, 0.15) is 69.7 Å². The molecule has 4 amide bonds. The topological polar surface area (TPSA) is 104 Å². The number of hydrogen-bond donors (Lipinski definition) is 1. The van der Waals surface area contributed by atoms with E-state index in [-0.39, 0.29) is 12.5 Å². The van der Waals surface area contributed by atoms with E-state index in [9.17, 15) is 14.4 Å². The van der Waals surface area contributed by atoms with Crippen LogP contribution in [-0.2, 0) is 9.59 Å². The van der Waals surface area contributed by atoms with Gasteiger partial charge in [0, 0.05) is 6.42 Å². The van der Waals surface area contributed by atoms with Crippen LogP contribution in [0.5, 0.6) is 5.75 Å². The molecule has 1 saturated heterocycles. The van der Waals surface area contributed by atoms with Crippen molar-refractivity contribution in [1.29, 1.82) is 0 Å². The van der Waals surface area contributed by atoms with Gasteiger partial charge in [0.1, 0.15) is 29.6 Å². The average Bonchev–Trinajstić information content (AvgIpc) is 3.58. The number of hydrogen-bond acceptors (Lipinski definition) is 6. The van der Waals surface area contributed by atoms with Crippen LogP contribution in [0.4, 0.5) is 4.79 Å². The van der Waals surface area contributed by atoms with E-state index >= 15 is 0 Å². The number of rotatable bonds is 10. The number of imide groups is 1. The van der Waals surface area contributed by atoms with Gasteiger partial charge in [-0.05, 0) is 55.3 Å². The van der Waals surface area contributed by atoms with Gasteiger partial charge >= 0.3 is 6.03 Å². The lowest BCUT2D eigenvalue weighted by molar-refractivity contribution is -0.140. The van der Waals surface area contributed by atoms with Crippen LogP contribution >= 0.6 is 0 Å². The number of carbonyl (C=O) groups is 3. The Balaban J connectivity index is 1.51. The predicted molar refractivity (Wildman–Crippen MR) is 130 cm³/mol. The Kier molecular flexibility index (Phi) is 7.23. The molecule has 0 spiro atoms. The van der Waals surface area contributed by atoms with Crippen LogP contribution in [-0.4, -0.2) is 52.7 Å². The zero-order chi connectivity index (χ0) is 25.0. The van der Waals surface area contributed by atoms with E-state index in [1.165, 1.54) is 5.01 Å². The van der Waals surface area contributed by atoms with E-state index in [2.05, 4.69) is 17.3 Å². The molecule has 2 aromatic rings. The zero-order valence-corrected chi connectivity index (χ0v) is 20.5. The molecule has 2 aliphatic heterocycles. The van der Waals surface area contributed by atoms with Gasteiger partial charge in [-0.25, -0.2) is 9.80 Å². The monoisotopic (exact) mass is 480 g/mol. The second-order valence-corrected chi connectivity index (χ2v) is 9.21. The summed E-state index contributed by atoms with van der Waals surface area (Å²) in [5, 5.41) is 8.70. The van der Waals surface area contributed by atoms with Crippen molar-refractivity contribution in [2.45, 2.75) is 64.0 Å². The number of nitrogens with one attached hydrogen (secondary N) is 1. The van der Waals surface area contributed by atoms with E-state index in [0.717, 1.165) is 41.9 Å². The SMILES string of the molecule is CCCCCCC1(C)NC(=O)N(CC(=O)N2N=C(c3ccc(OC)cc3)CC2c2ccco2)C1=O. The fourth-order valence-electron chi connectivity index (χ4n) is 4.57. The average molecular weight is 481 g/mol.